The van der Waals surface area contributed by atoms with E-state index < -0.39 is 11.6 Å². The highest BCUT2D eigenvalue weighted by Gasteiger charge is 2.43. The second kappa shape index (κ2) is 5.34. The summed E-state index contributed by atoms with van der Waals surface area (Å²) < 4.78 is 3.65. The van der Waals surface area contributed by atoms with E-state index in [0.717, 1.165) is 24.0 Å². The van der Waals surface area contributed by atoms with Crippen LogP contribution in [0.25, 0.3) is 11.2 Å². The summed E-state index contributed by atoms with van der Waals surface area (Å²) >= 11 is 0. The van der Waals surface area contributed by atoms with Gasteiger partial charge in [0.15, 0.2) is 5.65 Å². The molecule has 134 valence electrons. The van der Waals surface area contributed by atoms with Gasteiger partial charge in [-0.25, -0.2) is 14.6 Å². The Morgan fingerprint density at radius 3 is 2.48 bits per heavy atom. The predicted octanol–water partition coefficient (Wildman–Crippen LogP) is 3.01. The molecule has 0 saturated heterocycles. The number of fused-ring (bicyclic) bond motifs is 1. The first-order valence-corrected chi connectivity index (χ1v) is 8.88. The number of hydrogen-bond acceptors (Lipinski definition) is 3. The van der Waals surface area contributed by atoms with Gasteiger partial charge in [-0.15, -0.1) is 0 Å². The lowest BCUT2D eigenvalue weighted by atomic mass is 9.83. The standard InChI is InChI=1S/C18H24N4O3/c1-18(2,3)22(17(24)25)13-9-12(10-13)21-15-14(5-4-8-19-15)20(16(21)23)11-6-7-11/h4-5,8,11-13H,6-7,9-10H2,1-3H3,(H,24,25)/t12-,13-. The molecule has 2 aliphatic carbocycles. The van der Waals surface area contributed by atoms with Crippen molar-refractivity contribution in [3.63, 3.8) is 0 Å². The van der Waals surface area contributed by atoms with Gasteiger partial charge in [-0.3, -0.25) is 9.13 Å². The van der Waals surface area contributed by atoms with Crippen LogP contribution in [-0.2, 0) is 0 Å². The van der Waals surface area contributed by atoms with Crippen LogP contribution >= 0.6 is 0 Å². The number of pyridine rings is 1. The maximum atomic E-state index is 13.0. The number of carboxylic acid groups (broad SMARTS) is 1. The fraction of sp³-hybridized carbons (Fsp3) is 0.611. The minimum absolute atomic E-state index is 0.00252. The Hall–Kier alpha value is -2.31. The molecule has 7 nitrogen and oxygen atoms in total. The van der Waals surface area contributed by atoms with Gasteiger partial charge in [-0.2, -0.15) is 0 Å². The molecule has 2 aromatic heterocycles. The van der Waals surface area contributed by atoms with Gasteiger partial charge in [0.05, 0.1) is 5.52 Å². The average molecular weight is 344 g/mol. The Morgan fingerprint density at radius 1 is 1.24 bits per heavy atom. The minimum atomic E-state index is -0.901. The van der Waals surface area contributed by atoms with Crippen molar-refractivity contribution in [2.24, 2.45) is 0 Å². The fourth-order valence-electron chi connectivity index (χ4n) is 4.06. The van der Waals surface area contributed by atoms with Crippen molar-refractivity contribution in [1.29, 1.82) is 0 Å². The number of imidazole rings is 1. The summed E-state index contributed by atoms with van der Waals surface area (Å²) in [5, 5.41) is 9.55. The molecule has 0 aromatic carbocycles. The van der Waals surface area contributed by atoms with Gasteiger partial charge >= 0.3 is 11.8 Å². The highest BCUT2D eigenvalue weighted by atomic mass is 16.4. The number of carbonyl (C=O) groups is 1. The van der Waals surface area contributed by atoms with Gasteiger partial charge in [0.2, 0.25) is 0 Å². The summed E-state index contributed by atoms with van der Waals surface area (Å²) in [6, 6.07) is 4.06. The number of rotatable bonds is 3. The Kier molecular flexibility index (Phi) is 3.46. The van der Waals surface area contributed by atoms with Crippen molar-refractivity contribution < 1.29 is 9.90 Å². The number of aromatic nitrogens is 3. The molecule has 2 heterocycles. The van der Waals surface area contributed by atoms with Crippen molar-refractivity contribution >= 4 is 17.3 Å². The van der Waals surface area contributed by atoms with Crippen LogP contribution in [0, 0.1) is 0 Å². The number of amides is 1. The van der Waals surface area contributed by atoms with E-state index in [1.54, 1.807) is 10.8 Å². The lowest BCUT2D eigenvalue weighted by molar-refractivity contribution is 0.0218. The van der Waals surface area contributed by atoms with Gasteiger partial charge < -0.3 is 10.0 Å². The zero-order chi connectivity index (χ0) is 17.9. The third kappa shape index (κ3) is 2.53. The molecule has 2 fully saturated rings. The zero-order valence-electron chi connectivity index (χ0n) is 14.8. The second-order valence-electron chi connectivity index (χ2n) is 8.20. The molecule has 25 heavy (non-hydrogen) atoms. The number of hydrogen-bond donors (Lipinski definition) is 1. The minimum Gasteiger partial charge on any atom is -0.465 e. The first-order chi connectivity index (χ1) is 11.8. The van der Waals surface area contributed by atoms with E-state index in [1.807, 2.05) is 37.5 Å². The van der Waals surface area contributed by atoms with E-state index in [0.29, 0.717) is 18.9 Å². The first-order valence-electron chi connectivity index (χ1n) is 8.88. The zero-order valence-corrected chi connectivity index (χ0v) is 14.8. The summed E-state index contributed by atoms with van der Waals surface area (Å²) in [4.78, 5) is 30.6. The van der Waals surface area contributed by atoms with Crippen LogP contribution in [0.5, 0.6) is 0 Å². The molecule has 1 N–H and O–H groups in total. The Morgan fingerprint density at radius 2 is 1.92 bits per heavy atom. The average Bonchev–Trinajstić information content (AvgIpc) is 3.25. The van der Waals surface area contributed by atoms with E-state index in [9.17, 15) is 14.7 Å². The smallest absolute Gasteiger partial charge is 0.407 e. The van der Waals surface area contributed by atoms with Crippen LogP contribution in [-0.4, -0.2) is 41.8 Å². The summed E-state index contributed by atoms with van der Waals surface area (Å²) in [6.45, 7) is 5.71. The topological polar surface area (TPSA) is 80.4 Å². The van der Waals surface area contributed by atoms with Crippen LogP contribution in [0.1, 0.15) is 58.5 Å². The molecule has 7 heteroatoms. The van der Waals surface area contributed by atoms with Crippen molar-refractivity contribution in [2.45, 2.75) is 70.1 Å². The van der Waals surface area contributed by atoms with Gasteiger partial charge in [0.1, 0.15) is 0 Å². The Balaban J connectivity index is 1.66. The molecule has 2 aromatic rings. The SMILES string of the molecule is CC(C)(C)N(C(=O)O)[C@H]1C[C@H](n2c(=O)n(C3CC3)c3cccnc32)C1. The quantitative estimate of drug-likeness (QED) is 0.928. The molecule has 0 radical (unpaired) electrons. The van der Waals surface area contributed by atoms with E-state index in [4.69, 9.17) is 0 Å². The maximum Gasteiger partial charge on any atom is 0.407 e. The third-order valence-electron chi connectivity index (χ3n) is 5.33. The Bertz CT molecular complexity index is 882. The first kappa shape index (κ1) is 16.2. The van der Waals surface area contributed by atoms with E-state index in [1.165, 1.54) is 4.90 Å². The van der Waals surface area contributed by atoms with Crippen molar-refractivity contribution in [3.8, 4) is 0 Å². The summed E-state index contributed by atoms with van der Waals surface area (Å²) in [7, 11) is 0. The molecular weight excluding hydrogens is 320 g/mol. The van der Waals surface area contributed by atoms with E-state index >= 15 is 0 Å². The summed E-state index contributed by atoms with van der Waals surface area (Å²) in [6.07, 6.45) is 4.20. The van der Waals surface area contributed by atoms with Gasteiger partial charge in [-0.05, 0) is 58.6 Å². The van der Waals surface area contributed by atoms with Crippen molar-refractivity contribution in [1.82, 2.24) is 19.0 Å². The van der Waals surface area contributed by atoms with Gasteiger partial charge in [0, 0.05) is 29.9 Å². The second-order valence-corrected chi connectivity index (χ2v) is 8.20. The van der Waals surface area contributed by atoms with Crippen LogP contribution < -0.4 is 5.69 Å². The van der Waals surface area contributed by atoms with E-state index in [-0.39, 0.29) is 17.8 Å². The lowest BCUT2D eigenvalue weighted by Crippen LogP contribution is -2.56. The van der Waals surface area contributed by atoms with E-state index in [2.05, 4.69) is 4.98 Å². The molecule has 1 amide bonds. The maximum absolute atomic E-state index is 13.0. The fourth-order valence-corrected chi connectivity index (χ4v) is 4.06. The lowest BCUT2D eigenvalue weighted by Gasteiger charge is -2.47. The van der Waals surface area contributed by atoms with Crippen molar-refractivity contribution in [2.75, 3.05) is 0 Å². The van der Waals surface area contributed by atoms with Crippen LogP contribution in [0.2, 0.25) is 0 Å². The molecule has 2 aliphatic rings. The van der Waals surface area contributed by atoms with Crippen LogP contribution in [0.3, 0.4) is 0 Å². The van der Waals surface area contributed by atoms with Crippen molar-refractivity contribution in [3.05, 3.63) is 28.8 Å². The molecule has 0 unspecified atom stereocenters. The third-order valence-corrected chi connectivity index (χ3v) is 5.33. The van der Waals surface area contributed by atoms with Crippen LogP contribution in [0.4, 0.5) is 4.79 Å². The van der Waals surface area contributed by atoms with Gasteiger partial charge in [-0.1, -0.05) is 0 Å². The highest BCUT2D eigenvalue weighted by Crippen LogP contribution is 2.41. The summed E-state index contributed by atoms with van der Waals surface area (Å²) in [5.41, 5.74) is 1.16. The highest BCUT2D eigenvalue weighted by molar-refractivity contribution is 5.72. The molecule has 0 aliphatic heterocycles. The molecular formula is C18H24N4O3. The molecule has 0 spiro atoms. The summed E-state index contributed by atoms with van der Waals surface area (Å²) in [5.74, 6) is 0. The largest absolute Gasteiger partial charge is 0.465 e. The van der Waals surface area contributed by atoms with Gasteiger partial charge in [0.25, 0.3) is 0 Å². The Labute approximate surface area is 145 Å². The molecule has 0 bridgehead atoms. The molecule has 2 saturated carbocycles. The monoisotopic (exact) mass is 344 g/mol. The molecule has 4 rings (SSSR count). The molecule has 0 atom stereocenters. The normalized spacial score (nSPS) is 23.5. The predicted molar refractivity (Wildman–Crippen MR) is 93.9 cm³/mol. The van der Waals surface area contributed by atoms with Crippen LogP contribution in [0.15, 0.2) is 23.1 Å². The number of nitrogens with zero attached hydrogens (tertiary/aromatic N) is 4.